The van der Waals surface area contributed by atoms with Gasteiger partial charge in [-0.15, -0.1) is 0 Å². The molecule has 0 aliphatic rings. The van der Waals surface area contributed by atoms with Gasteiger partial charge < -0.3 is 9.47 Å². The minimum atomic E-state index is 0.0140. The molecule has 0 radical (unpaired) electrons. The Bertz CT molecular complexity index is 110. The van der Waals surface area contributed by atoms with Crippen LogP contribution in [0.1, 0.15) is 6.92 Å². The van der Waals surface area contributed by atoms with Crippen molar-refractivity contribution in [1.29, 1.82) is 0 Å². The predicted molar refractivity (Wildman–Crippen MR) is 36.1 cm³/mol. The van der Waals surface area contributed by atoms with Crippen molar-refractivity contribution in [1.82, 2.24) is 0 Å². The van der Waals surface area contributed by atoms with Gasteiger partial charge in [0.1, 0.15) is 12.7 Å². The Hall–Kier alpha value is -0.520. The maximum atomic E-state index is 4.87. The van der Waals surface area contributed by atoms with E-state index >= 15 is 0 Å². The second-order valence-corrected chi connectivity index (χ2v) is 1.63. The highest BCUT2D eigenvalue weighted by molar-refractivity contribution is 5.03. The summed E-state index contributed by atoms with van der Waals surface area (Å²) in [6.45, 7) is 2.37. The molecule has 0 N–H and O–H groups in total. The molecule has 0 saturated carbocycles. The summed E-state index contributed by atoms with van der Waals surface area (Å²) in [5.74, 6) is 5.62. The fraction of sp³-hybridized carbons (Fsp3) is 0.714. The Balaban J connectivity index is 3.33. The minimum Gasteiger partial charge on any atom is -0.372 e. The Kier molecular flexibility index (Phi) is 5.29. The summed E-state index contributed by atoms with van der Waals surface area (Å²) in [7, 11) is 3.25. The summed E-state index contributed by atoms with van der Waals surface area (Å²) in [6, 6.07) is 0. The van der Waals surface area contributed by atoms with Crippen molar-refractivity contribution in [2.24, 2.45) is 0 Å². The maximum absolute atomic E-state index is 4.87. The first-order valence-electron chi connectivity index (χ1n) is 2.81. The summed E-state index contributed by atoms with van der Waals surface area (Å²) in [5.41, 5.74) is 0. The molecule has 0 bridgehead atoms. The van der Waals surface area contributed by atoms with Crippen molar-refractivity contribution in [3.05, 3.63) is 0 Å². The van der Waals surface area contributed by atoms with Crippen LogP contribution in [0.25, 0.3) is 0 Å². The fourth-order valence-electron chi connectivity index (χ4n) is 0.316. The quantitative estimate of drug-likeness (QED) is 0.509. The highest BCUT2D eigenvalue weighted by atomic mass is 16.5. The molecular formula is C7H12O2. The van der Waals surface area contributed by atoms with Crippen LogP contribution in [0, 0.1) is 11.8 Å². The Morgan fingerprint density at radius 3 is 2.56 bits per heavy atom. The molecule has 0 spiro atoms. The van der Waals surface area contributed by atoms with E-state index in [1.807, 2.05) is 6.92 Å². The van der Waals surface area contributed by atoms with Crippen LogP contribution < -0.4 is 0 Å². The largest absolute Gasteiger partial charge is 0.372 e. The van der Waals surface area contributed by atoms with Crippen molar-refractivity contribution in [3.63, 3.8) is 0 Å². The second kappa shape index (κ2) is 5.61. The summed E-state index contributed by atoms with van der Waals surface area (Å²) >= 11 is 0. The van der Waals surface area contributed by atoms with Crippen molar-refractivity contribution in [2.75, 3.05) is 20.8 Å². The lowest BCUT2D eigenvalue weighted by Crippen LogP contribution is -2.00. The van der Waals surface area contributed by atoms with Crippen LogP contribution in [-0.4, -0.2) is 26.9 Å². The first kappa shape index (κ1) is 8.48. The monoisotopic (exact) mass is 128 g/mol. The first-order valence-corrected chi connectivity index (χ1v) is 2.81. The number of methoxy groups -OCH3 is 2. The van der Waals surface area contributed by atoms with Crippen LogP contribution in [0.2, 0.25) is 0 Å². The van der Waals surface area contributed by atoms with Gasteiger partial charge in [-0.1, -0.05) is 11.8 Å². The predicted octanol–water partition coefficient (Wildman–Crippen LogP) is 0.671. The van der Waals surface area contributed by atoms with Crippen LogP contribution in [-0.2, 0) is 9.47 Å². The lowest BCUT2D eigenvalue weighted by molar-refractivity contribution is 0.163. The average Bonchev–Trinajstić information content (AvgIpc) is 1.89. The van der Waals surface area contributed by atoms with Gasteiger partial charge in [0.05, 0.1) is 0 Å². The molecule has 0 fully saturated rings. The van der Waals surface area contributed by atoms with Gasteiger partial charge in [-0.25, -0.2) is 0 Å². The number of rotatable bonds is 2. The van der Waals surface area contributed by atoms with Gasteiger partial charge in [0.25, 0.3) is 0 Å². The molecular weight excluding hydrogens is 116 g/mol. The van der Waals surface area contributed by atoms with Crippen molar-refractivity contribution >= 4 is 0 Å². The standard InChI is InChI=1S/C7H12O2/c1-7(9-3)5-4-6-8-2/h7H,6H2,1-3H3. The van der Waals surface area contributed by atoms with Gasteiger partial charge in [-0.2, -0.15) is 0 Å². The molecule has 0 rings (SSSR count). The Morgan fingerprint density at radius 1 is 1.44 bits per heavy atom. The average molecular weight is 128 g/mol. The SMILES string of the molecule is COCC#CC(C)OC. The molecule has 1 unspecified atom stereocenters. The van der Waals surface area contributed by atoms with Gasteiger partial charge in [0, 0.05) is 14.2 Å². The zero-order chi connectivity index (χ0) is 7.11. The van der Waals surface area contributed by atoms with Crippen LogP contribution in [0.5, 0.6) is 0 Å². The second-order valence-electron chi connectivity index (χ2n) is 1.63. The number of hydrogen-bond acceptors (Lipinski definition) is 2. The summed E-state index contributed by atoms with van der Waals surface area (Å²) < 4.78 is 9.58. The molecule has 0 aromatic carbocycles. The van der Waals surface area contributed by atoms with E-state index in [1.165, 1.54) is 0 Å². The first-order chi connectivity index (χ1) is 4.31. The Morgan fingerprint density at radius 2 is 2.11 bits per heavy atom. The van der Waals surface area contributed by atoms with Gasteiger partial charge in [-0.05, 0) is 6.92 Å². The van der Waals surface area contributed by atoms with Gasteiger partial charge in [0.2, 0.25) is 0 Å². The topological polar surface area (TPSA) is 18.5 Å². The highest BCUT2D eigenvalue weighted by Crippen LogP contribution is 1.81. The zero-order valence-corrected chi connectivity index (χ0v) is 6.10. The van der Waals surface area contributed by atoms with Crippen LogP contribution >= 0.6 is 0 Å². The van der Waals surface area contributed by atoms with E-state index in [4.69, 9.17) is 9.47 Å². The van der Waals surface area contributed by atoms with E-state index in [0.717, 1.165) is 0 Å². The Labute approximate surface area is 56.2 Å². The third kappa shape index (κ3) is 5.35. The van der Waals surface area contributed by atoms with E-state index in [-0.39, 0.29) is 6.10 Å². The molecule has 0 aromatic rings. The molecule has 0 amide bonds. The molecule has 2 heteroatoms. The summed E-state index contributed by atoms with van der Waals surface area (Å²) in [6.07, 6.45) is 0.0140. The van der Waals surface area contributed by atoms with Crippen LogP contribution in [0.4, 0.5) is 0 Å². The maximum Gasteiger partial charge on any atom is 0.115 e. The van der Waals surface area contributed by atoms with Crippen LogP contribution in [0.3, 0.4) is 0 Å². The normalized spacial score (nSPS) is 11.9. The van der Waals surface area contributed by atoms with E-state index in [1.54, 1.807) is 14.2 Å². The molecule has 0 aliphatic heterocycles. The molecule has 1 atom stereocenters. The molecule has 0 aliphatic carbocycles. The van der Waals surface area contributed by atoms with Gasteiger partial charge in [0.15, 0.2) is 0 Å². The molecule has 2 nitrogen and oxygen atoms in total. The van der Waals surface area contributed by atoms with E-state index in [9.17, 15) is 0 Å². The van der Waals surface area contributed by atoms with Crippen molar-refractivity contribution in [2.45, 2.75) is 13.0 Å². The van der Waals surface area contributed by atoms with Crippen LogP contribution in [0.15, 0.2) is 0 Å². The minimum absolute atomic E-state index is 0.0140. The molecule has 9 heavy (non-hydrogen) atoms. The fourth-order valence-corrected chi connectivity index (χ4v) is 0.316. The lowest BCUT2D eigenvalue weighted by Gasteiger charge is -1.96. The van der Waals surface area contributed by atoms with E-state index < -0.39 is 0 Å². The summed E-state index contributed by atoms with van der Waals surface area (Å²) in [5, 5.41) is 0. The molecule has 52 valence electrons. The molecule has 0 heterocycles. The third-order valence-electron chi connectivity index (χ3n) is 0.875. The van der Waals surface area contributed by atoms with E-state index in [2.05, 4.69) is 11.8 Å². The van der Waals surface area contributed by atoms with Crippen molar-refractivity contribution < 1.29 is 9.47 Å². The molecule has 0 aromatic heterocycles. The highest BCUT2D eigenvalue weighted by Gasteiger charge is 1.86. The smallest absolute Gasteiger partial charge is 0.115 e. The van der Waals surface area contributed by atoms with E-state index in [0.29, 0.717) is 6.61 Å². The summed E-state index contributed by atoms with van der Waals surface area (Å²) in [4.78, 5) is 0. The third-order valence-corrected chi connectivity index (χ3v) is 0.875. The number of ether oxygens (including phenoxy) is 2. The van der Waals surface area contributed by atoms with Crippen molar-refractivity contribution in [3.8, 4) is 11.8 Å². The van der Waals surface area contributed by atoms with Gasteiger partial charge in [-0.3, -0.25) is 0 Å². The zero-order valence-electron chi connectivity index (χ0n) is 6.10. The number of hydrogen-bond donors (Lipinski definition) is 0. The lowest BCUT2D eigenvalue weighted by atomic mass is 10.4. The van der Waals surface area contributed by atoms with Gasteiger partial charge >= 0.3 is 0 Å². The molecule has 0 saturated heterocycles.